The van der Waals surface area contributed by atoms with Crippen LogP contribution in [0.25, 0.3) is 0 Å². The van der Waals surface area contributed by atoms with Crippen molar-refractivity contribution in [3.05, 3.63) is 29.6 Å². The third-order valence-electron chi connectivity index (χ3n) is 4.27. The summed E-state index contributed by atoms with van der Waals surface area (Å²) in [6, 6.07) is 3.02. The van der Waals surface area contributed by atoms with Crippen LogP contribution in [-0.4, -0.2) is 22.9 Å². The highest BCUT2D eigenvalue weighted by Gasteiger charge is 2.49. The average molecular weight is 291 g/mol. The molecule has 1 saturated carbocycles. The zero-order chi connectivity index (χ0) is 15.1. The molecule has 0 spiro atoms. The fourth-order valence-corrected chi connectivity index (χ4v) is 3.27. The Morgan fingerprint density at radius 1 is 1.14 bits per heavy atom. The number of hydrogen-bond donors (Lipinski definition) is 1. The molecule has 1 aromatic carbocycles. The molecule has 2 amide bonds. The number of aromatic carboxylic acids is 1. The highest BCUT2D eigenvalue weighted by molar-refractivity contribution is 6.23. The number of amides is 2. The Hall–Kier alpha value is -2.24. The second kappa shape index (κ2) is 4.95. The molecule has 0 radical (unpaired) electrons. The van der Waals surface area contributed by atoms with Crippen LogP contribution in [0.5, 0.6) is 0 Å². The Kier molecular flexibility index (Phi) is 3.23. The van der Waals surface area contributed by atoms with E-state index in [0.717, 1.165) is 35.9 Å². The van der Waals surface area contributed by atoms with Crippen LogP contribution in [0.2, 0.25) is 0 Å². The fraction of sp³-hybridized carbons (Fsp3) is 0.400. The van der Waals surface area contributed by atoms with Crippen molar-refractivity contribution in [1.29, 1.82) is 0 Å². The number of anilines is 1. The molecule has 2 unspecified atom stereocenters. The Balaban J connectivity index is 2.08. The lowest BCUT2D eigenvalue weighted by Gasteiger charge is -2.19. The van der Waals surface area contributed by atoms with Gasteiger partial charge in [0.05, 0.1) is 23.1 Å². The number of fused-ring (bicyclic) bond motifs is 1. The van der Waals surface area contributed by atoms with Crippen LogP contribution in [0.4, 0.5) is 10.1 Å². The largest absolute Gasteiger partial charge is 0.478 e. The number of carbonyl (C=O) groups excluding carboxylic acids is 2. The van der Waals surface area contributed by atoms with Gasteiger partial charge in [0, 0.05) is 0 Å². The van der Waals surface area contributed by atoms with Gasteiger partial charge in [-0.1, -0.05) is 12.8 Å². The van der Waals surface area contributed by atoms with Crippen LogP contribution in [0.15, 0.2) is 18.2 Å². The summed E-state index contributed by atoms with van der Waals surface area (Å²) >= 11 is 0. The molecule has 1 aromatic rings. The summed E-state index contributed by atoms with van der Waals surface area (Å²) in [4.78, 5) is 37.0. The van der Waals surface area contributed by atoms with Gasteiger partial charge in [-0.25, -0.2) is 14.1 Å². The predicted molar refractivity (Wildman–Crippen MR) is 71.3 cm³/mol. The minimum Gasteiger partial charge on any atom is -0.478 e. The van der Waals surface area contributed by atoms with Gasteiger partial charge in [-0.15, -0.1) is 0 Å². The molecule has 6 heteroatoms. The van der Waals surface area contributed by atoms with Gasteiger partial charge in [-0.05, 0) is 31.0 Å². The van der Waals surface area contributed by atoms with Gasteiger partial charge in [0.2, 0.25) is 11.8 Å². The van der Waals surface area contributed by atoms with E-state index in [1.54, 1.807) is 0 Å². The smallest absolute Gasteiger partial charge is 0.337 e. The molecule has 1 heterocycles. The summed E-state index contributed by atoms with van der Waals surface area (Å²) in [5.41, 5.74) is -0.399. The molecule has 21 heavy (non-hydrogen) atoms. The lowest BCUT2D eigenvalue weighted by atomic mass is 9.81. The maximum Gasteiger partial charge on any atom is 0.337 e. The second-order valence-corrected chi connectivity index (χ2v) is 5.48. The monoisotopic (exact) mass is 291 g/mol. The lowest BCUT2D eigenvalue weighted by molar-refractivity contribution is -0.122. The molecule has 3 rings (SSSR count). The van der Waals surface area contributed by atoms with Gasteiger partial charge in [0.15, 0.2) is 0 Å². The summed E-state index contributed by atoms with van der Waals surface area (Å²) < 4.78 is 13.4. The van der Waals surface area contributed by atoms with E-state index in [0.29, 0.717) is 12.8 Å². The van der Waals surface area contributed by atoms with Crippen molar-refractivity contribution in [1.82, 2.24) is 0 Å². The molecule has 1 saturated heterocycles. The van der Waals surface area contributed by atoms with Crippen molar-refractivity contribution in [3.63, 3.8) is 0 Å². The van der Waals surface area contributed by atoms with Gasteiger partial charge in [0.25, 0.3) is 0 Å². The van der Waals surface area contributed by atoms with Crippen molar-refractivity contribution >= 4 is 23.5 Å². The fourth-order valence-electron chi connectivity index (χ4n) is 3.27. The Bertz CT molecular complexity index is 619. The highest BCUT2D eigenvalue weighted by atomic mass is 19.1. The molecule has 2 atom stereocenters. The molecule has 2 fully saturated rings. The first-order valence-corrected chi connectivity index (χ1v) is 6.91. The van der Waals surface area contributed by atoms with E-state index in [-0.39, 0.29) is 11.3 Å². The molecule has 1 aliphatic carbocycles. The Morgan fingerprint density at radius 3 is 2.24 bits per heavy atom. The Labute approximate surface area is 120 Å². The Morgan fingerprint density at radius 2 is 1.71 bits per heavy atom. The van der Waals surface area contributed by atoms with Crippen molar-refractivity contribution in [2.24, 2.45) is 11.8 Å². The molecular weight excluding hydrogens is 277 g/mol. The number of carbonyl (C=O) groups is 3. The summed E-state index contributed by atoms with van der Waals surface area (Å²) in [7, 11) is 0. The zero-order valence-electron chi connectivity index (χ0n) is 11.2. The van der Waals surface area contributed by atoms with Crippen molar-refractivity contribution in [3.8, 4) is 0 Å². The number of nitrogens with zero attached hydrogens (tertiary/aromatic N) is 1. The number of imide groups is 1. The van der Waals surface area contributed by atoms with Crippen molar-refractivity contribution < 1.29 is 23.9 Å². The zero-order valence-corrected chi connectivity index (χ0v) is 11.2. The van der Waals surface area contributed by atoms with E-state index < -0.39 is 35.4 Å². The van der Waals surface area contributed by atoms with Crippen molar-refractivity contribution in [2.75, 3.05) is 4.90 Å². The van der Waals surface area contributed by atoms with E-state index in [1.807, 2.05) is 0 Å². The summed E-state index contributed by atoms with van der Waals surface area (Å²) in [5.74, 6) is -3.56. The van der Waals surface area contributed by atoms with E-state index >= 15 is 0 Å². The first-order valence-electron chi connectivity index (χ1n) is 6.91. The van der Waals surface area contributed by atoms with Gasteiger partial charge in [0.1, 0.15) is 5.82 Å². The van der Waals surface area contributed by atoms with Crippen molar-refractivity contribution in [2.45, 2.75) is 25.7 Å². The third kappa shape index (κ3) is 2.11. The normalized spacial score (nSPS) is 25.1. The number of rotatable bonds is 2. The van der Waals surface area contributed by atoms with Gasteiger partial charge in [-0.2, -0.15) is 0 Å². The van der Waals surface area contributed by atoms with E-state index in [1.165, 1.54) is 0 Å². The van der Waals surface area contributed by atoms with E-state index in [9.17, 15) is 23.9 Å². The molecular formula is C15H14FNO4. The number of hydrogen-bond acceptors (Lipinski definition) is 3. The maximum absolute atomic E-state index is 13.4. The van der Waals surface area contributed by atoms with Crippen LogP contribution >= 0.6 is 0 Å². The van der Waals surface area contributed by atoms with Gasteiger partial charge in [-0.3, -0.25) is 9.59 Å². The maximum atomic E-state index is 13.4. The van der Waals surface area contributed by atoms with E-state index in [2.05, 4.69) is 0 Å². The molecule has 0 bridgehead atoms. The van der Waals surface area contributed by atoms with Crippen LogP contribution in [0, 0.1) is 17.7 Å². The third-order valence-corrected chi connectivity index (χ3v) is 4.27. The number of carboxylic acids is 1. The van der Waals surface area contributed by atoms with E-state index in [4.69, 9.17) is 0 Å². The lowest BCUT2D eigenvalue weighted by Crippen LogP contribution is -2.32. The average Bonchev–Trinajstić information content (AvgIpc) is 2.71. The second-order valence-electron chi connectivity index (χ2n) is 5.48. The topological polar surface area (TPSA) is 74.7 Å². The van der Waals surface area contributed by atoms with Crippen LogP contribution < -0.4 is 4.90 Å². The van der Waals surface area contributed by atoms with Gasteiger partial charge < -0.3 is 5.11 Å². The van der Waals surface area contributed by atoms with Crippen LogP contribution in [0.1, 0.15) is 36.0 Å². The molecule has 1 N–H and O–H groups in total. The molecule has 0 aromatic heterocycles. The number of halogens is 1. The van der Waals surface area contributed by atoms with Crippen LogP contribution in [0.3, 0.4) is 0 Å². The minimum absolute atomic E-state index is 0.160. The number of benzene rings is 1. The quantitative estimate of drug-likeness (QED) is 0.848. The molecule has 110 valence electrons. The minimum atomic E-state index is -1.29. The first-order chi connectivity index (χ1) is 10.0. The van der Waals surface area contributed by atoms with Gasteiger partial charge >= 0.3 is 5.97 Å². The predicted octanol–water partition coefficient (Wildman–Crippen LogP) is 2.20. The molecule has 5 nitrogen and oxygen atoms in total. The summed E-state index contributed by atoms with van der Waals surface area (Å²) in [5, 5.41) is 9.18. The molecule has 1 aliphatic heterocycles. The summed E-state index contributed by atoms with van der Waals surface area (Å²) in [6.07, 6.45) is 3.01. The number of carboxylic acid groups (broad SMARTS) is 1. The SMILES string of the molecule is O=C(O)c1ccc(F)cc1N1C(=O)C2CCCCC2C1=O. The standard InChI is InChI=1S/C15H14FNO4/c16-8-5-6-11(15(20)21)12(7-8)17-13(18)9-3-1-2-4-10(9)14(17)19/h5-7,9-10H,1-4H2,(H,20,21). The van der Waals surface area contributed by atoms with Crippen LogP contribution in [-0.2, 0) is 9.59 Å². The molecule has 2 aliphatic rings. The first kappa shape index (κ1) is 13.7. The highest BCUT2D eigenvalue weighted by Crippen LogP contribution is 2.41. The summed E-state index contributed by atoms with van der Waals surface area (Å²) in [6.45, 7) is 0.